The first-order valence-corrected chi connectivity index (χ1v) is 8.15. The first kappa shape index (κ1) is 15.0. The second-order valence-electron chi connectivity index (χ2n) is 5.11. The molecular weight excluding hydrogens is 280 g/mol. The number of esters is 1. The Morgan fingerprint density at radius 2 is 1.95 bits per heavy atom. The van der Waals surface area contributed by atoms with E-state index >= 15 is 0 Å². The minimum Gasteiger partial charge on any atom is -0.462 e. The van der Waals surface area contributed by atoms with Gasteiger partial charge in [-0.15, -0.1) is 0 Å². The SMILES string of the molecule is O=C(OCC1CCCCC1)c1cccc(S(=O)(=O)O)c1. The van der Waals surface area contributed by atoms with E-state index in [1.165, 1.54) is 37.5 Å². The molecule has 6 heteroatoms. The van der Waals surface area contributed by atoms with Gasteiger partial charge in [-0.05, 0) is 37.0 Å². The van der Waals surface area contributed by atoms with Crippen molar-refractivity contribution < 1.29 is 22.5 Å². The maximum Gasteiger partial charge on any atom is 0.338 e. The quantitative estimate of drug-likeness (QED) is 0.682. The molecule has 0 atom stereocenters. The van der Waals surface area contributed by atoms with Crippen LogP contribution in [0.15, 0.2) is 29.2 Å². The lowest BCUT2D eigenvalue weighted by Gasteiger charge is -2.21. The highest BCUT2D eigenvalue weighted by atomic mass is 32.2. The normalized spacial score (nSPS) is 16.9. The Bertz CT molecular complexity index is 573. The zero-order valence-corrected chi connectivity index (χ0v) is 11.9. The van der Waals surface area contributed by atoms with Crippen molar-refractivity contribution in [2.45, 2.75) is 37.0 Å². The van der Waals surface area contributed by atoms with Gasteiger partial charge in [0.1, 0.15) is 0 Å². The number of rotatable bonds is 4. The van der Waals surface area contributed by atoms with E-state index in [0.29, 0.717) is 12.5 Å². The van der Waals surface area contributed by atoms with Gasteiger partial charge >= 0.3 is 5.97 Å². The summed E-state index contributed by atoms with van der Waals surface area (Å²) >= 11 is 0. The van der Waals surface area contributed by atoms with Crippen LogP contribution in [0.2, 0.25) is 0 Å². The average molecular weight is 298 g/mol. The van der Waals surface area contributed by atoms with Crippen LogP contribution in [-0.4, -0.2) is 25.5 Å². The smallest absolute Gasteiger partial charge is 0.338 e. The van der Waals surface area contributed by atoms with Crippen LogP contribution in [0.4, 0.5) is 0 Å². The predicted octanol–water partition coefficient (Wildman–Crippen LogP) is 2.67. The maximum absolute atomic E-state index is 11.9. The number of hydrogen-bond acceptors (Lipinski definition) is 4. The fourth-order valence-electron chi connectivity index (χ4n) is 2.41. The average Bonchev–Trinajstić information content (AvgIpc) is 2.45. The molecule has 1 aliphatic carbocycles. The van der Waals surface area contributed by atoms with E-state index < -0.39 is 16.1 Å². The Morgan fingerprint density at radius 3 is 2.60 bits per heavy atom. The van der Waals surface area contributed by atoms with Gasteiger partial charge in [0.2, 0.25) is 0 Å². The van der Waals surface area contributed by atoms with Gasteiger partial charge in [-0.2, -0.15) is 8.42 Å². The lowest BCUT2D eigenvalue weighted by Crippen LogP contribution is -2.17. The van der Waals surface area contributed by atoms with Crippen LogP contribution in [0.3, 0.4) is 0 Å². The van der Waals surface area contributed by atoms with E-state index in [-0.39, 0.29) is 10.5 Å². The summed E-state index contributed by atoms with van der Waals surface area (Å²) in [5, 5.41) is 0. The Kier molecular flexibility index (Phi) is 4.77. The summed E-state index contributed by atoms with van der Waals surface area (Å²) < 4.78 is 36.2. The molecule has 20 heavy (non-hydrogen) atoms. The Labute approximate surface area is 118 Å². The molecule has 1 aliphatic rings. The fraction of sp³-hybridized carbons (Fsp3) is 0.500. The lowest BCUT2D eigenvalue weighted by molar-refractivity contribution is 0.0410. The molecule has 0 spiro atoms. The molecule has 0 radical (unpaired) electrons. The zero-order valence-electron chi connectivity index (χ0n) is 11.1. The van der Waals surface area contributed by atoms with Crippen molar-refractivity contribution in [3.05, 3.63) is 29.8 Å². The van der Waals surface area contributed by atoms with E-state index in [9.17, 15) is 13.2 Å². The second kappa shape index (κ2) is 6.37. The molecule has 5 nitrogen and oxygen atoms in total. The standard InChI is InChI=1S/C14H18O5S/c15-14(19-10-11-5-2-1-3-6-11)12-7-4-8-13(9-12)20(16,17)18/h4,7-9,11H,1-3,5-6,10H2,(H,16,17,18). The van der Waals surface area contributed by atoms with Crippen LogP contribution < -0.4 is 0 Å². The van der Waals surface area contributed by atoms with Crippen molar-refractivity contribution in [1.29, 1.82) is 0 Å². The third kappa shape index (κ3) is 4.05. The fourth-order valence-corrected chi connectivity index (χ4v) is 2.94. The molecule has 0 amide bonds. The van der Waals surface area contributed by atoms with E-state index in [1.54, 1.807) is 0 Å². The van der Waals surface area contributed by atoms with E-state index in [4.69, 9.17) is 9.29 Å². The highest BCUT2D eigenvalue weighted by molar-refractivity contribution is 7.85. The molecule has 1 aromatic rings. The Hall–Kier alpha value is -1.40. The highest BCUT2D eigenvalue weighted by Crippen LogP contribution is 2.24. The highest BCUT2D eigenvalue weighted by Gasteiger charge is 2.17. The largest absolute Gasteiger partial charge is 0.462 e. The summed E-state index contributed by atoms with van der Waals surface area (Å²) in [6, 6.07) is 5.23. The van der Waals surface area contributed by atoms with Crippen molar-refractivity contribution in [3.63, 3.8) is 0 Å². The summed E-state index contributed by atoms with van der Waals surface area (Å²) in [5.74, 6) is -0.154. The molecule has 0 bridgehead atoms. The monoisotopic (exact) mass is 298 g/mol. The molecule has 0 aromatic heterocycles. The number of carbonyl (C=O) groups is 1. The molecular formula is C14H18O5S. The number of hydrogen-bond donors (Lipinski definition) is 1. The second-order valence-corrected chi connectivity index (χ2v) is 6.53. The van der Waals surface area contributed by atoms with E-state index in [2.05, 4.69) is 0 Å². The summed E-state index contributed by atoms with van der Waals surface area (Å²) in [5.41, 5.74) is 0.135. The predicted molar refractivity (Wildman–Crippen MR) is 73.1 cm³/mol. The summed E-state index contributed by atoms with van der Waals surface area (Å²) in [7, 11) is -4.30. The Morgan fingerprint density at radius 1 is 1.25 bits per heavy atom. The van der Waals surface area contributed by atoms with Gasteiger partial charge < -0.3 is 4.74 Å². The third-order valence-corrected chi connectivity index (χ3v) is 4.39. The molecule has 1 N–H and O–H groups in total. The van der Waals surface area contributed by atoms with Crippen LogP contribution >= 0.6 is 0 Å². The van der Waals surface area contributed by atoms with Crippen molar-refractivity contribution in [2.75, 3.05) is 6.61 Å². The van der Waals surface area contributed by atoms with E-state index in [0.717, 1.165) is 18.9 Å². The first-order valence-electron chi connectivity index (χ1n) is 6.71. The van der Waals surface area contributed by atoms with Gasteiger partial charge in [0.25, 0.3) is 10.1 Å². The van der Waals surface area contributed by atoms with Crippen LogP contribution in [0.25, 0.3) is 0 Å². The molecule has 0 heterocycles. The lowest BCUT2D eigenvalue weighted by atomic mass is 9.90. The Balaban J connectivity index is 1.98. The van der Waals surface area contributed by atoms with Crippen molar-refractivity contribution in [1.82, 2.24) is 0 Å². The molecule has 0 aliphatic heterocycles. The minimum atomic E-state index is -4.30. The van der Waals surface area contributed by atoms with Crippen LogP contribution in [0, 0.1) is 5.92 Å². The number of carbonyl (C=O) groups excluding carboxylic acids is 1. The molecule has 1 saturated carbocycles. The zero-order chi connectivity index (χ0) is 14.6. The van der Waals surface area contributed by atoms with Gasteiger partial charge in [-0.1, -0.05) is 25.3 Å². The van der Waals surface area contributed by atoms with E-state index in [1.807, 2.05) is 0 Å². The third-order valence-electron chi connectivity index (χ3n) is 3.54. The number of benzene rings is 1. The van der Waals surface area contributed by atoms with Gasteiger partial charge in [0.15, 0.2) is 0 Å². The van der Waals surface area contributed by atoms with Gasteiger partial charge in [-0.3, -0.25) is 4.55 Å². The molecule has 0 unspecified atom stereocenters. The molecule has 0 saturated heterocycles. The summed E-state index contributed by atoms with van der Waals surface area (Å²) in [6.45, 7) is 0.370. The van der Waals surface area contributed by atoms with Gasteiger partial charge in [0, 0.05) is 0 Å². The van der Waals surface area contributed by atoms with Crippen molar-refractivity contribution in [2.24, 2.45) is 5.92 Å². The van der Waals surface area contributed by atoms with Crippen LogP contribution in [0.1, 0.15) is 42.5 Å². The molecule has 1 aromatic carbocycles. The topological polar surface area (TPSA) is 80.7 Å². The van der Waals surface area contributed by atoms with Crippen molar-refractivity contribution >= 4 is 16.1 Å². The van der Waals surface area contributed by atoms with Crippen molar-refractivity contribution in [3.8, 4) is 0 Å². The molecule has 2 rings (SSSR count). The maximum atomic E-state index is 11.9. The summed E-state index contributed by atoms with van der Waals surface area (Å²) in [4.78, 5) is 11.6. The van der Waals surface area contributed by atoms with Crippen LogP contribution in [0.5, 0.6) is 0 Å². The summed E-state index contributed by atoms with van der Waals surface area (Å²) in [6.07, 6.45) is 5.71. The molecule has 110 valence electrons. The number of ether oxygens (including phenoxy) is 1. The van der Waals surface area contributed by atoms with Crippen LogP contribution in [-0.2, 0) is 14.9 Å². The van der Waals surface area contributed by atoms with Gasteiger partial charge in [0.05, 0.1) is 17.1 Å². The molecule has 1 fully saturated rings. The van der Waals surface area contributed by atoms with Gasteiger partial charge in [-0.25, -0.2) is 4.79 Å². The minimum absolute atomic E-state index is 0.135. The first-order chi connectivity index (χ1) is 9.47.